The lowest BCUT2D eigenvalue weighted by Gasteiger charge is -2.14. The Morgan fingerprint density at radius 2 is 2.29 bits per heavy atom. The Bertz CT molecular complexity index is 630. The third kappa shape index (κ3) is 2.84. The maximum absolute atomic E-state index is 14.9. The first-order chi connectivity index (χ1) is 10.3. The number of hydrogen-bond acceptors (Lipinski definition) is 3. The van der Waals surface area contributed by atoms with Crippen LogP contribution in [0, 0.1) is 0 Å². The van der Waals surface area contributed by atoms with Crippen LogP contribution in [0.5, 0.6) is 5.75 Å². The van der Waals surface area contributed by atoms with E-state index in [4.69, 9.17) is 4.74 Å². The summed E-state index contributed by atoms with van der Waals surface area (Å²) in [5, 5.41) is 3.28. The molecule has 1 N–H and O–H groups in total. The van der Waals surface area contributed by atoms with Gasteiger partial charge in [-0.2, -0.15) is 0 Å². The molecular formula is C17H19FN2O. The van der Waals surface area contributed by atoms with Gasteiger partial charge in [-0.3, -0.25) is 4.98 Å². The first-order valence-electron chi connectivity index (χ1n) is 7.37. The van der Waals surface area contributed by atoms with Gasteiger partial charge in [0.05, 0.1) is 12.8 Å². The van der Waals surface area contributed by atoms with Crippen molar-refractivity contribution in [1.82, 2.24) is 4.98 Å². The second-order valence-electron chi connectivity index (χ2n) is 5.22. The van der Waals surface area contributed by atoms with Crippen molar-refractivity contribution in [2.45, 2.75) is 25.9 Å². The molecule has 4 heteroatoms. The molecule has 0 radical (unpaired) electrons. The molecule has 0 spiro atoms. The number of nitrogens with zero attached hydrogens (tertiary/aromatic N) is 1. The van der Waals surface area contributed by atoms with Crippen LogP contribution < -0.4 is 10.1 Å². The molecule has 0 saturated heterocycles. The third-order valence-corrected chi connectivity index (χ3v) is 3.65. The maximum Gasteiger partial charge on any atom is 0.154 e. The third-order valence-electron chi connectivity index (χ3n) is 3.65. The van der Waals surface area contributed by atoms with Crippen molar-refractivity contribution in [2.24, 2.45) is 0 Å². The Morgan fingerprint density at radius 3 is 3.14 bits per heavy atom. The molecule has 110 valence electrons. The number of ether oxygens (including phenoxy) is 1. The van der Waals surface area contributed by atoms with Crippen molar-refractivity contribution in [3.8, 4) is 5.75 Å². The smallest absolute Gasteiger partial charge is 0.154 e. The molecule has 1 aromatic heterocycles. The van der Waals surface area contributed by atoms with Gasteiger partial charge in [0.1, 0.15) is 5.75 Å². The molecule has 1 aliphatic heterocycles. The zero-order valence-electron chi connectivity index (χ0n) is 12.1. The fourth-order valence-electron chi connectivity index (χ4n) is 2.63. The number of hydrogen-bond donors (Lipinski definition) is 1. The van der Waals surface area contributed by atoms with E-state index >= 15 is 0 Å². The molecule has 1 aromatic carbocycles. The van der Waals surface area contributed by atoms with Gasteiger partial charge in [-0.15, -0.1) is 0 Å². The number of alkyl halides is 1. The Balaban J connectivity index is 1.88. The fraction of sp³-hybridized carbons (Fsp3) is 0.353. The monoisotopic (exact) mass is 286 g/mol. The molecule has 0 aliphatic carbocycles. The van der Waals surface area contributed by atoms with Gasteiger partial charge in [0.25, 0.3) is 0 Å². The van der Waals surface area contributed by atoms with Gasteiger partial charge in [0.2, 0.25) is 0 Å². The minimum Gasteiger partial charge on any atom is -0.492 e. The summed E-state index contributed by atoms with van der Waals surface area (Å²) < 4.78 is 20.4. The first-order valence-corrected chi connectivity index (χ1v) is 7.37. The minimum atomic E-state index is -1.19. The quantitative estimate of drug-likeness (QED) is 0.905. The van der Waals surface area contributed by atoms with Gasteiger partial charge >= 0.3 is 0 Å². The molecule has 1 atom stereocenters. The lowest BCUT2D eigenvalue weighted by atomic mass is 10.00. The SMILES string of the molecule is CCCOc1cncc(C(F)c2cccc3c2NCC3)c1. The van der Waals surface area contributed by atoms with E-state index in [1.165, 1.54) is 5.56 Å². The van der Waals surface area contributed by atoms with Gasteiger partial charge < -0.3 is 10.1 Å². The van der Waals surface area contributed by atoms with E-state index in [-0.39, 0.29) is 0 Å². The zero-order valence-corrected chi connectivity index (χ0v) is 12.1. The molecule has 1 aliphatic rings. The molecule has 0 bridgehead atoms. The van der Waals surface area contributed by atoms with Crippen LogP contribution in [0.3, 0.4) is 0 Å². The van der Waals surface area contributed by atoms with Crippen LogP contribution in [0.25, 0.3) is 0 Å². The minimum absolute atomic E-state index is 0.533. The molecule has 2 heterocycles. The Hall–Kier alpha value is -2.10. The van der Waals surface area contributed by atoms with Crippen molar-refractivity contribution >= 4 is 5.69 Å². The van der Waals surface area contributed by atoms with E-state index in [1.807, 2.05) is 25.1 Å². The van der Waals surface area contributed by atoms with Crippen LogP contribution in [-0.2, 0) is 6.42 Å². The van der Waals surface area contributed by atoms with Gasteiger partial charge in [0.15, 0.2) is 6.17 Å². The predicted molar refractivity (Wildman–Crippen MR) is 81.6 cm³/mol. The summed E-state index contributed by atoms with van der Waals surface area (Å²) in [5.41, 5.74) is 3.33. The molecule has 21 heavy (non-hydrogen) atoms. The fourth-order valence-corrected chi connectivity index (χ4v) is 2.63. The summed E-state index contributed by atoms with van der Waals surface area (Å²) in [6, 6.07) is 7.53. The van der Waals surface area contributed by atoms with Crippen LogP contribution in [0.2, 0.25) is 0 Å². The number of benzene rings is 1. The Labute approximate surface area is 124 Å². The molecule has 0 amide bonds. The predicted octanol–water partition coefficient (Wildman–Crippen LogP) is 3.90. The summed E-state index contributed by atoms with van der Waals surface area (Å²) in [4.78, 5) is 4.09. The van der Waals surface area contributed by atoms with E-state index in [1.54, 1.807) is 18.5 Å². The van der Waals surface area contributed by atoms with Gasteiger partial charge in [-0.05, 0) is 24.5 Å². The zero-order chi connectivity index (χ0) is 14.7. The molecule has 3 nitrogen and oxygen atoms in total. The van der Waals surface area contributed by atoms with E-state index in [2.05, 4.69) is 10.3 Å². The molecular weight excluding hydrogens is 267 g/mol. The Kier molecular flexibility index (Phi) is 4.04. The van der Waals surface area contributed by atoms with Crippen molar-refractivity contribution in [2.75, 3.05) is 18.5 Å². The van der Waals surface area contributed by atoms with Crippen LogP contribution in [0.1, 0.15) is 36.2 Å². The van der Waals surface area contributed by atoms with Crippen molar-refractivity contribution < 1.29 is 9.13 Å². The summed E-state index contributed by atoms with van der Waals surface area (Å²) in [6.07, 6.45) is 3.87. The van der Waals surface area contributed by atoms with Crippen LogP contribution in [-0.4, -0.2) is 18.1 Å². The molecule has 3 rings (SSSR count). The van der Waals surface area contributed by atoms with E-state index in [0.29, 0.717) is 23.5 Å². The largest absolute Gasteiger partial charge is 0.492 e. The molecule has 2 aromatic rings. The van der Waals surface area contributed by atoms with E-state index in [9.17, 15) is 4.39 Å². The van der Waals surface area contributed by atoms with Gasteiger partial charge in [-0.1, -0.05) is 25.1 Å². The van der Waals surface area contributed by atoms with Crippen LogP contribution in [0.15, 0.2) is 36.7 Å². The summed E-state index contributed by atoms with van der Waals surface area (Å²) in [6.45, 7) is 3.52. The number of rotatable bonds is 5. The maximum atomic E-state index is 14.9. The molecule has 1 unspecified atom stereocenters. The number of halogens is 1. The van der Waals surface area contributed by atoms with Crippen molar-refractivity contribution in [3.63, 3.8) is 0 Å². The van der Waals surface area contributed by atoms with Gasteiger partial charge in [0, 0.05) is 29.6 Å². The van der Waals surface area contributed by atoms with Gasteiger partial charge in [-0.25, -0.2) is 4.39 Å². The Morgan fingerprint density at radius 1 is 1.38 bits per heavy atom. The highest BCUT2D eigenvalue weighted by Gasteiger charge is 2.22. The number of nitrogens with one attached hydrogen (secondary N) is 1. The van der Waals surface area contributed by atoms with Crippen molar-refractivity contribution in [1.29, 1.82) is 0 Å². The second-order valence-corrected chi connectivity index (χ2v) is 5.22. The standard InChI is InChI=1S/C17H19FN2O/c1-2-8-21-14-9-13(10-19-11-14)16(18)15-5-3-4-12-6-7-20-17(12)15/h3-5,9-11,16,20H,2,6-8H2,1H3. The average Bonchev–Trinajstić information content (AvgIpc) is 3.01. The summed E-state index contributed by atoms with van der Waals surface area (Å²) in [7, 11) is 0. The lowest BCUT2D eigenvalue weighted by Crippen LogP contribution is -2.02. The average molecular weight is 286 g/mol. The summed E-state index contributed by atoms with van der Waals surface area (Å²) in [5.74, 6) is 0.623. The number of pyridine rings is 1. The van der Waals surface area contributed by atoms with Crippen LogP contribution >= 0.6 is 0 Å². The van der Waals surface area contributed by atoms with E-state index < -0.39 is 6.17 Å². The van der Waals surface area contributed by atoms with Crippen LogP contribution in [0.4, 0.5) is 10.1 Å². The topological polar surface area (TPSA) is 34.1 Å². The molecule has 0 saturated carbocycles. The normalized spacial score (nSPS) is 14.4. The number of para-hydroxylation sites is 1. The number of anilines is 1. The van der Waals surface area contributed by atoms with E-state index in [0.717, 1.165) is 25.1 Å². The summed E-state index contributed by atoms with van der Waals surface area (Å²) >= 11 is 0. The number of fused-ring (bicyclic) bond motifs is 1. The molecule has 0 fully saturated rings. The first kappa shape index (κ1) is 13.9. The highest BCUT2D eigenvalue weighted by atomic mass is 19.1. The number of aromatic nitrogens is 1. The highest BCUT2D eigenvalue weighted by Crippen LogP contribution is 2.36. The second kappa shape index (κ2) is 6.12. The van der Waals surface area contributed by atoms with Crippen molar-refractivity contribution in [3.05, 3.63) is 53.3 Å². The lowest BCUT2D eigenvalue weighted by molar-refractivity contribution is 0.314. The highest BCUT2D eigenvalue weighted by molar-refractivity contribution is 5.63.